The maximum absolute atomic E-state index is 11.6. The summed E-state index contributed by atoms with van der Waals surface area (Å²) >= 11 is 0. The van der Waals surface area contributed by atoms with Gasteiger partial charge in [0.15, 0.2) is 0 Å². The van der Waals surface area contributed by atoms with E-state index in [1.807, 2.05) is 39.6 Å². The molecule has 26 heavy (non-hydrogen) atoms. The molecule has 0 saturated carbocycles. The lowest BCUT2D eigenvalue weighted by Crippen LogP contribution is -2.48. The molecular formula is C18H29BN4O3. The third-order valence-electron chi connectivity index (χ3n) is 5.89. The van der Waals surface area contributed by atoms with E-state index in [1.54, 1.807) is 19.3 Å². The maximum Gasteiger partial charge on any atom is 0.498 e. The van der Waals surface area contributed by atoms with Crippen LogP contribution in [0.15, 0.2) is 12.4 Å². The van der Waals surface area contributed by atoms with Crippen LogP contribution >= 0.6 is 0 Å². The van der Waals surface area contributed by atoms with Crippen molar-refractivity contribution in [3.05, 3.63) is 12.4 Å². The van der Waals surface area contributed by atoms with Gasteiger partial charge in [-0.05, 0) is 40.5 Å². The van der Waals surface area contributed by atoms with Crippen molar-refractivity contribution in [1.82, 2.24) is 14.9 Å². The summed E-state index contributed by atoms with van der Waals surface area (Å²) in [7, 11) is 1.53. The smallest absolute Gasteiger partial charge is 0.399 e. The molecule has 0 aromatic carbocycles. The Hall–Kier alpha value is -1.67. The summed E-state index contributed by atoms with van der Waals surface area (Å²) in [5, 5.41) is 0. The highest BCUT2D eigenvalue weighted by atomic mass is 16.7. The van der Waals surface area contributed by atoms with Crippen LogP contribution in [0, 0.1) is 0 Å². The van der Waals surface area contributed by atoms with Crippen molar-refractivity contribution < 1.29 is 14.1 Å². The summed E-state index contributed by atoms with van der Waals surface area (Å²) in [6.07, 6.45) is 5.57. The fourth-order valence-corrected chi connectivity index (χ4v) is 3.33. The number of carbonyl (C=O) groups excluding carboxylic acids is 1. The fourth-order valence-electron chi connectivity index (χ4n) is 3.33. The van der Waals surface area contributed by atoms with Crippen LogP contribution in [0.2, 0.25) is 0 Å². The average molecular weight is 360 g/mol. The van der Waals surface area contributed by atoms with Crippen LogP contribution in [0.4, 0.5) is 5.95 Å². The number of anilines is 1. The summed E-state index contributed by atoms with van der Waals surface area (Å²) in [5.74, 6) is 0.779. The molecule has 7 nitrogen and oxygen atoms in total. The van der Waals surface area contributed by atoms with Crippen LogP contribution < -0.4 is 10.4 Å². The van der Waals surface area contributed by atoms with Crippen LogP contribution in [0.1, 0.15) is 47.5 Å². The van der Waals surface area contributed by atoms with Gasteiger partial charge in [-0.25, -0.2) is 9.97 Å². The lowest BCUT2D eigenvalue weighted by atomic mass is 9.81. The molecule has 0 bridgehead atoms. The third-order valence-corrected chi connectivity index (χ3v) is 5.89. The molecule has 0 N–H and O–H groups in total. The average Bonchev–Trinajstić information content (AvgIpc) is 2.82. The zero-order valence-corrected chi connectivity index (χ0v) is 16.7. The first-order valence-corrected chi connectivity index (χ1v) is 9.26. The zero-order chi connectivity index (χ0) is 19.1. The first-order chi connectivity index (χ1) is 12.1. The van der Waals surface area contributed by atoms with Gasteiger partial charge in [0, 0.05) is 51.0 Å². The highest BCUT2D eigenvalue weighted by Gasteiger charge is 2.52. The summed E-state index contributed by atoms with van der Waals surface area (Å²) in [6.45, 7) is 11.3. The van der Waals surface area contributed by atoms with Gasteiger partial charge in [-0.2, -0.15) is 0 Å². The first kappa shape index (κ1) is 19.1. The Morgan fingerprint density at radius 3 is 2.35 bits per heavy atom. The quantitative estimate of drug-likeness (QED) is 0.756. The van der Waals surface area contributed by atoms with E-state index in [2.05, 4.69) is 14.9 Å². The van der Waals surface area contributed by atoms with Crippen molar-refractivity contribution >= 4 is 24.4 Å². The Kier molecular flexibility index (Phi) is 5.01. The van der Waals surface area contributed by atoms with Crippen molar-refractivity contribution in [1.29, 1.82) is 0 Å². The van der Waals surface area contributed by atoms with E-state index in [0.717, 1.165) is 24.8 Å². The first-order valence-electron chi connectivity index (χ1n) is 9.26. The number of hydrogen-bond acceptors (Lipinski definition) is 6. The minimum absolute atomic E-state index is 0.125. The summed E-state index contributed by atoms with van der Waals surface area (Å²) in [6, 6.07) is 0.232. The molecule has 142 valence electrons. The Bertz CT molecular complexity index is 649. The van der Waals surface area contributed by atoms with Gasteiger partial charge in [0.05, 0.1) is 11.2 Å². The van der Waals surface area contributed by atoms with Crippen molar-refractivity contribution in [3.63, 3.8) is 0 Å². The monoisotopic (exact) mass is 360 g/mol. The molecule has 3 heterocycles. The Morgan fingerprint density at radius 1 is 1.23 bits per heavy atom. The van der Waals surface area contributed by atoms with Crippen LogP contribution in [-0.4, -0.2) is 65.3 Å². The Balaban J connectivity index is 1.69. The molecule has 1 aromatic rings. The van der Waals surface area contributed by atoms with E-state index < -0.39 is 7.12 Å². The normalized spacial score (nSPS) is 24.6. The number of aromatic nitrogens is 2. The molecule has 0 aliphatic carbocycles. The number of likely N-dealkylation sites (N-methyl/N-ethyl adjacent to an activating group) is 1. The molecule has 3 rings (SSSR count). The molecule has 1 unspecified atom stereocenters. The third kappa shape index (κ3) is 3.57. The van der Waals surface area contributed by atoms with Crippen molar-refractivity contribution in [3.8, 4) is 0 Å². The maximum atomic E-state index is 11.6. The Morgan fingerprint density at radius 2 is 1.81 bits per heavy atom. The molecule has 1 atom stereocenters. The predicted octanol–water partition coefficient (Wildman–Crippen LogP) is 1.22. The number of amides is 1. The molecule has 8 heteroatoms. The molecule has 0 radical (unpaired) electrons. The van der Waals surface area contributed by atoms with E-state index in [4.69, 9.17) is 9.31 Å². The molecule has 0 spiro atoms. The van der Waals surface area contributed by atoms with Gasteiger partial charge in [-0.15, -0.1) is 0 Å². The molecular weight excluding hydrogens is 331 g/mol. The van der Waals surface area contributed by atoms with Gasteiger partial charge in [0.2, 0.25) is 11.9 Å². The molecule has 2 aliphatic rings. The van der Waals surface area contributed by atoms with Crippen LogP contribution in [-0.2, 0) is 14.1 Å². The summed E-state index contributed by atoms with van der Waals surface area (Å²) < 4.78 is 12.1. The number of rotatable bonds is 3. The number of carbonyl (C=O) groups is 1. The van der Waals surface area contributed by atoms with Crippen LogP contribution in [0.25, 0.3) is 0 Å². The highest BCUT2D eigenvalue weighted by molar-refractivity contribution is 6.61. The topological polar surface area (TPSA) is 67.8 Å². The van der Waals surface area contributed by atoms with Gasteiger partial charge < -0.3 is 19.1 Å². The minimum atomic E-state index is -0.456. The second kappa shape index (κ2) is 6.81. The zero-order valence-electron chi connectivity index (χ0n) is 16.7. The number of likely N-dealkylation sites (tertiary alicyclic amines) is 1. The number of hydrogen-bond donors (Lipinski definition) is 0. The minimum Gasteiger partial charge on any atom is -0.399 e. The van der Waals surface area contributed by atoms with Crippen molar-refractivity contribution in [2.45, 2.75) is 64.7 Å². The molecule has 2 fully saturated rings. The van der Waals surface area contributed by atoms with Gasteiger partial charge in [0.25, 0.3) is 0 Å². The molecule has 1 amide bonds. The lowest BCUT2D eigenvalue weighted by molar-refractivity contribution is -0.129. The van der Waals surface area contributed by atoms with Crippen LogP contribution in [0.5, 0.6) is 0 Å². The molecule has 1 aromatic heterocycles. The van der Waals surface area contributed by atoms with Crippen molar-refractivity contribution in [2.75, 3.05) is 25.0 Å². The van der Waals surface area contributed by atoms with E-state index in [-0.39, 0.29) is 23.2 Å². The highest BCUT2D eigenvalue weighted by Crippen LogP contribution is 2.36. The molecule has 2 aliphatic heterocycles. The summed E-state index contributed by atoms with van der Waals surface area (Å²) in [5.41, 5.74) is 0.0475. The van der Waals surface area contributed by atoms with Gasteiger partial charge in [0.1, 0.15) is 0 Å². The van der Waals surface area contributed by atoms with E-state index >= 15 is 0 Å². The fraction of sp³-hybridized carbons (Fsp3) is 0.722. The van der Waals surface area contributed by atoms with Gasteiger partial charge in [-0.3, -0.25) is 4.79 Å². The Labute approximate surface area is 156 Å². The van der Waals surface area contributed by atoms with E-state index in [9.17, 15) is 4.79 Å². The largest absolute Gasteiger partial charge is 0.498 e. The van der Waals surface area contributed by atoms with Crippen molar-refractivity contribution in [2.24, 2.45) is 0 Å². The number of nitrogens with zero attached hydrogens (tertiary/aromatic N) is 4. The lowest BCUT2D eigenvalue weighted by Gasteiger charge is -2.37. The van der Waals surface area contributed by atoms with Gasteiger partial charge >= 0.3 is 7.12 Å². The molecule has 2 saturated heterocycles. The van der Waals surface area contributed by atoms with Gasteiger partial charge in [-0.1, -0.05) is 0 Å². The standard InChI is InChI=1S/C18H29BN4O3/c1-13(24)23-9-7-8-15(12-23)22(6)16-20-10-14(11-21-16)19-25-17(2,3)18(4,5)26-19/h10-11,15H,7-9,12H2,1-6H3. The van der Waals surface area contributed by atoms with E-state index in [0.29, 0.717) is 12.5 Å². The second-order valence-electron chi connectivity index (χ2n) is 8.28. The SMILES string of the molecule is CC(=O)N1CCCC(N(C)c2ncc(B3OC(C)(C)C(C)(C)O3)cn2)C1. The summed E-state index contributed by atoms with van der Waals surface area (Å²) in [4.78, 5) is 24.6. The second-order valence-corrected chi connectivity index (χ2v) is 8.28. The number of piperidine rings is 1. The predicted molar refractivity (Wildman–Crippen MR) is 101 cm³/mol. The van der Waals surface area contributed by atoms with Crippen LogP contribution in [0.3, 0.4) is 0 Å². The van der Waals surface area contributed by atoms with E-state index in [1.165, 1.54) is 0 Å².